The lowest BCUT2D eigenvalue weighted by molar-refractivity contribution is 0.336. The Hall–Kier alpha value is -0.900. The van der Waals surface area contributed by atoms with Gasteiger partial charge in [0.15, 0.2) is 5.82 Å². The number of hydrogen-bond acceptors (Lipinski definition) is 4. The van der Waals surface area contributed by atoms with Gasteiger partial charge in [0.05, 0.1) is 6.04 Å². The summed E-state index contributed by atoms with van der Waals surface area (Å²) in [6, 6.07) is 0.157. The smallest absolute Gasteiger partial charge is 0.243 e. The molecule has 0 spiro atoms. The van der Waals surface area contributed by atoms with E-state index in [0.29, 0.717) is 5.92 Å². The van der Waals surface area contributed by atoms with E-state index in [1.165, 1.54) is 25.7 Å². The summed E-state index contributed by atoms with van der Waals surface area (Å²) >= 11 is 0. The molecule has 1 fully saturated rings. The molecule has 4 nitrogen and oxygen atoms in total. The maximum Gasteiger partial charge on any atom is 0.243 e. The predicted molar refractivity (Wildman–Crippen MR) is 66.8 cm³/mol. The van der Waals surface area contributed by atoms with Crippen molar-refractivity contribution in [2.75, 3.05) is 6.54 Å². The molecular weight excluding hydrogens is 214 g/mol. The van der Waals surface area contributed by atoms with E-state index in [1.807, 2.05) is 0 Å². The maximum absolute atomic E-state index is 5.34. The fraction of sp³-hybridized carbons (Fsp3) is 0.846. The average molecular weight is 237 g/mol. The molecule has 3 unspecified atom stereocenters. The molecule has 0 aromatic carbocycles. The van der Waals surface area contributed by atoms with E-state index >= 15 is 0 Å². The molecule has 0 radical (unpaired) electrons. The molecule has 1 saturated carbocycles. The molecule has 3 atom stereocenters. The van der Waals surface area contributed by atoms with Crippen LogP contribution in [0.15, 0.2) is 4.52 Å². The van der Waals surface area contributed by atoms with Crippen LogP contribution in [-0.2, 0) is 0 Å². The lowest BCUT2D eigenvalue weighted by Crippen LogP contribution is -2.18. The van der Waals surface area contributed by atoms with Crippen molar-refractivity contribution in [1.82, 2.24) is 15.5 Å². The largest absolute Gasteiger partial charge is 0.338 e. The van der Waals surface area contributed by atoms with Crippen LogP contribution in [0.25, 0.3) is 0 Å². The highest BCUT2D eigenvalue weighted by Crippen LogP contribution is 2.38. The van der Waals surface area contributed by atoms with E-state index in [9.17, 15) is 0 Å². The lowest BCUT2D eigenvalue weighted by atomic mass is 10.0. The standard InChI is InChI=1S/C13H23N3O/c1-4-10-6-7-11(8-10)12-15-13(17-16-12)9(3)14-5-2/h9-11,14H,4-8H2,1-3H3. The summed E-state index contributed by atoms with van der Waals surface area (Å²) in [5, 5.41) is 7.43. The van der Waals surface area contributed by atoms with Crippen molar-refractivity contribution in [2.45, 2.75) is 58.4 Å². The van der Waals surface area contributed by atoms with E-state index in [1.54, 1.807) is 0 Å². The van der Waals surface area contributed by atoms with Gasteiger partial charge >= 0.3 is 0 Å². The summed E-state index contributed by atoms with van der Waals surface area (Å²) in [5.74, 6) is 3.02. The molecule has 1 aliphatic carbocycles. The van der Waals surface area contributed by atoms with Gasteiger partial charge in [-0.15, -0.1) is 0 Å². The Kier molecular flexibility index (Phi) is 4.15. The van der Waals surface area contributed by atoms with Gasteiger partial charge in [-0.3, -0.25) is 0 Å². The van der Waals surface area contributed by atoms with Gasteiger partial charge in [-0.2, -0.15) is 4.98 Å². The number of rotatable bonds is 5. The SMILES string of the molecule is CCNC(C)c1nc(C2CCC(CC)C2)no1. The van der Waals surface area contributed by atoms with Crippen molar-refractivity contribution in [3.8, 4) is 0 Å². The predicted octanol–water partition coefficient (Wildman–Crippen LogP) is 3.03. The highest BCUT2D eigenvalue weighted by atomic mass is 16.5. The van der Waals surface area contributed by atoms with Crippen LogP contribution in [0.3, 0.4) is 0 Å². The van der Waals surface area contributed by atoms with Gasteiger partial charge in [0.1, 0.15) is 0 Å². The van der Waals surface area contributed by atoms with E-state index in [0.717, 1.165) is 24.2 Å². The van der Waals surface area contributed by atoms with Crippen LogP contribution in [-0.4, -0.2) is 16.7 Å². The monoisotopic (exact) mass is 237 g/mol. The molecule has 96 valence electrons. The van der Waals surface area contributed by atoms with Gasteiger partial charge in [-0.1, -0.05) is 25.4 Å². The van der Waals surface area contributed by atoms with E-state index in [-0.39, 0.29) is 6.04 Å². The van der Waals surface area contributed by atoms with Crippen molar-refractivity contribution in [1.29, 1.82) is 0 Å². The van der Waals surface area contributed by atoms with Crippen LogP contribution >= 0.6 is 0 Å². The Morgan fingerprint density at radius 3 is 2.88 bits per heavy atom. The zero-order valence-electron chi connectivity index (χ0n) is 11.1. The summed E-state index contributed by atoms with van der Waals surface area (Å²) < 4.78 is 5.34. The summed E-state index contributed by atoms with van der Waals surface area (Å²) in [6.07, 6.45) is 5.03. The van der Waals surface area contributed by atoms with Gasteiger partial charge in [0.2, 0.25) is 5.89 Å². The van der Waals surface area contributed by atoms with Crippen LogP contribution in [0.4, 0.5) is 0 Å². The van der Waals surface area contributed by atoms with Crippen LogP contribution in [0, 0.1) is 5.92 Å². The second kappa shape index (κ2) is 5.63. The van der Waals surface area contributed by atoms with Crippen LogP contribution in [0.1, 0.15) is 70.1 Å². The van der Waals surface area contributed by atoms with Gasteiger partial charge in [0, 0.05) is 5.92 Å². The molecule has 1 aromatic rings. The van der Waals surface area contributed by atoms with E-state index in [4.69, 9.17) is 4.52 Å². The topological polar surface area (TPSA) is 51.0 Å². The molecule has 17 heavy (non-hydrogen) atoms. The van der Waals surface area contributed by atoms with Crippen molar-refractivity contribution >= 4 is 0 Å². The van der Waals surface area contributed by atoms with Crippen LogP contribution in [0.2, 0.25) is 0 Å². The molecule has 0 saturated heterocycles. The second-order valence-electron chi connectivity index (χ2n) is 5.05. The van der Waals surface area contributed by atoms with Crippen LogP contribution < -0.4 is 5.32 Å². The molecular formula is C13H23N3O. The zero-order chi connectivity index (χ0) is 12.3. The number of hydrogen-bond donors (Lipinski definition) is 1. The summed E-state index contributed by atoms with van der Waals surface area (Å²) in [5.41, 5.74) is 0. The molecule has 1 aromatic heterocycles. The minimum absolute atomic E-state index is 0.157. The average Bonchev–Trinajstić information content (AvgIpc) is 2.98. The first-order valence-electron chi connectivity index (χ1n) is 6.81. The Bertz CT molecular complexity index is 350. The van der Waals surface area contributed by atoms with Crippen molar-refractivity contribution in [2.24, 2.45) is 5.92 Å². The Morgan fingerprint density at radius 2 is 2.24 bits per heavy atom. The Balaban J connectivity index is 1.98. The zero-order valence-corrected chi connectivity index (χ0v) is 11.1. The first-order valence-corrected chi connectivity index (χ1v) is 6.81. The first kappa shape index (κ1) is 12.6. The van der Waals surface area contributed by atoms with Crippen molar-refractivity contribution < 1.29 is 4.52 Å². The molecule has 4 heteroatoms. The fourth-order valence-electron chi connectivity index (χ4n) is 2.66. The normalized spacial score (nSPS) is 26.3. The number of aromatic nitrogens is 2. The molecule has 0 aliphatic heterocycles. The second-order valence-corrected chi connectivity index (χ2v) is 5.05. The van der Waals surface area contributed by atoms with Gasteiger partial charge in [0.25, 0.3) is 0 Å². The number of nitrogens with zero attached hydrogens (tertiary/aromatic N) is 2. The fourth-order valence-corrected chi connectivity index (χ4v) is 2.66. The Morgan fingerprint density at radius 1 is 1.41 bits per heavy atom. The third-order valence-electron chi connectivity index (χ3n) is 3.82. The van der Waals surface area contributed by atoms with Gasteiger partial charge in [-0.25, -0.2) is 0 Å². The summed E-state index contributed by atoms with van der Waals surface area (Å²) in [7, 11) is 0. The highest BCUT2D eigenvalue weighted by Gasteiger charge is 2.28. The van der Waals surface area contributed by atoms with Crippen molar-refractivity contribution in [3.63, 3.8) is 0 Å². The lowest BCUT2D eigenvalue weighted by Gasteiger charge is -2.06. The van der Waals surface area contributed by atoms with Crippen molar-refractivity contribution in [3.05, 3.63) is 11.7 Å². The third kappa shape index (κ3) is 2.86. The third-order valence-corrected chi connectivity index (χ3v) is 3.82. The molecule has 1 heterocycles. The molecule has 0 bridgehead atoms. The Labute approximate surface area is 103 Å². The van der Waals surface area contributed by atoms with Gasteiger partial charge in [-0.05, 0) is 38.6 Å². The van der Waals surface area contributed by atoms with E-state index < -0.39 is 0 Å². The van der Waals surface area contributed by atoms with Gasteiger partial charge < -0.3 is 9.84 Å². The summed E-state index contributed by atoms with van der Waals surface area (Å²) in [4.78, 5) is 4.54. The molecule has 2 rings (SSSR count). The maximum atomic E-state index is 5.34. The minimum atomic E-state index is 0.157. The quantitative estimate of drug-likeness (QED) is 0.855. The first-order chi connectivity index (χ1) is 8.24. The summed E-state index contributed by atoms with van der Waals surface area (Å²) in [6.45, 7) is 7.32. The van der Waals surface area contributed by atoms with E-state index in [2.05, 4.69) is 36.2 Å². The molecule has 1 aliphatic rings. The number of nitrogens with one attached hydrogen (secondary N) is 1. The highest BCUT2D eigenvalue weighted by molar-refractivity contribution is 5.01. The minimum Gasteiger partial charge on any atom is -0.338 e. The van der Waals surface area contributed by atoms with Crippen LogP contribution in [0.5, 0.6) is 0 Å². The molecule has 0 amide bonds. The molecule has 1 N–H and O–H groups in total.